The molecule has 0 fully saturated rings. The van der Waals surface area contributed by atoms with Crippen LogP contribution in [0, 0.1) is 0 Å². The fourth-order valence-electron chi connectivity index (χ4n) is 1.78. The van der Waals surface area contributed by atoms with E-state index in [-0.39, 0.29) is 0 Å². The minimum absolute atomic E-state index is 0.594. The molecule has 0 aliphatic carbocycles. The smallest absolute Gasteiger partial charge is 0.191 e. The molecule has 0 aliphatic rings. The highest BCUT2D eigenvalue weighted by atomic mass is 35.5. The van der Waals surface area contributed by atoms with Crippen molar-refractivity contribution in [2.75, 3.05) is 46.6 Å². The number of halogens is 1. The van der Waals surface area contributed by atoms with Crippen molar-refractivity contribution in [1.82, 2.24) is 10.6 Å². The zero-order valence-electron chi connectivity index (χ0n) is 13.4. The van der Waals surface area contributed by atoms with E-state index >= 15 is 0 Å². The number of benzene rings is 1. The Morgan fingerprint density at radius 3 is 2.59 bits per heavy atom. The van der Waals surface area contributed by atoms with Crippen LogP contribution < -0.4 is 10.6 Å². The molecule has 124 valence electrons. The highest BCUT2D eigenvalue weighted by molar-refractivity contribution is 6.30. The zero-order chi connectivity index (χ0) is 16.0. The summed E-state index contributed by atoms with van der Waals surface area (Å²) in [6.45, 7) is 6.13. The van der Waals surface area contributed by atoms with Gasteiger partial charge in [-0.15, -0.1) is 0 Å². The third kappa shape index (κ3) is 8.87. The first kappa shape index (κ1) is 18.7. The molecular formula is C16H26ClN3O2. The van der Waals surface area contributed by atoms with Gasteiger partial charge in [-0.05, 0) is 31.0 Å². The number of aliphatic imine (C=N–C) groups is 1. The lowest BCUT2D eigenvalue weighted by Crippen LogP contribution is -2.38. The molecule has 0 aromatic heterocycles. The molecule has 1 rings (SSSR count). The van der Waals surface area contributed by atoms with Gasteiger partial charge in [0.05, 0.1) is 26.4 Å². The molecule has 0 amide bonds. The van der Waals surface area contributed by atoms with E-state index in [1.807, 2.05) is 31.2 Å². The van der Waals surface area contributed by atoms with Crippen molar-refractivity contribution in [1.29, 1.82) is 0 Å². The molecule has 0 spiro atoms. The molecule has 0 bridgehead atoms. The maximum absolute atomic E-state index is 5.88. The van der Waals surface area contributed by atoms with Crippen molar-refractivity contribution in [2.45, 2.75) is 13.3 Å². The minimum atomic E-state index is 0.594. The topological polar surface area (TPSA) is 54.9 Å². The van der Waals surface area contributed by atoms with Gasteiger partial charge in [0.1, 0.15) is 0 Å². The Balaban J connectivity index is 2.25. The van der Waals surface area contributed by atoms with Crippen molar-refractivity contribution >= 4 is 17.6 Å². The van der Waals surface area contributed by atoms with E-state index < -0.39 is 0 Å². The molecule has 5 nitrogen and oxygen atoms in total. The van der Waals surface area contributed by atoms with Gasteiger partial charge >= 0.3 is 0 Å². The van der Waals surface area contributed by atoms with E-state index in [0.29, 0.717) is 26.4 Å². The summed E-state index contributed by atoms with van der Waals surface area (Å²) in [5.74, 6) is 0.812. The second-order valence-corrected chi connectivity index (χ2v) is 5.11. The molecule has 0 unspecified atom stereocenters. The van der Waals surface area contributed by atoms with Crippen molar-refractivity contribution in [3.05, 3.63) is 34.9 Å². The van der Waals surface area contributed by atoms with Crippen molar-refractivity contribution in [3.8, 4) is 0 Å². The number of hydrogen-bond donors (Lipinski definition) is 2. The average Bonchev–Trinajstić information content (AvgIpc) is 2.52. The van der Waals surface area contributed by atoms with E-state index in [0.717, 1.165) is 30.5 Å². The maximum Gasteiger partial charge on any atom is 0.191 e. The van der Waals surface area contributed by atoms with Crippen LogP contribution in [0.3, 0.4) is 0 Å². The first-order valence-electron chi connectivity index (χ1n) is 7.59. The van der Waals surface area contributed by atoms with Gasteiger partial charge in [0.25, 0.3) is 0 Å². The van der Waals surface area contributed by atoms with Crippen LogP contribution in [0.5, 0.6) is 0 Å². The lowest BCUT2D eigenvalue weighted by molar-refractivity contribution is 0.0748. The third-order valence-corrected chi connectivity index (χ3v) is 3.15. The summed E-state index contributed by atoms with van der Waals surface area (Å²) >= 11 is 5.88. The number of ether oxygens (including phenoxy) is 2. The summed E-state index contributed by atoms with van der Waals surface area (Å²) in [6.07, 6.45) is 0.923. The average molecular weight is 328 g/mol. The molecule has 0 radical (unpaired) electrons. The normalized spacial score (nSPS) is 11.5. The van der Waals surface area contributed by atoms with Gasteiger partial charge in [-0.1, -0.05) is 23.7 Å². The van der Waals surface area contributed by atoms with Gasteiger partial charge in [0, 0.05) is 25.2 Å². The van der Waals surface area contributed by atoms with Crippen molar-refractivity contribution < 1.29 is 9.47 Å². The molecule has 6 heteroatoms. The number of nitrogens with zero attached hydrogens (tertiary/aromatic N) is 1. The minimum Gasteiger partial charge on any atom is -0.382 e. The lowest BCUT2D eigenvalue weighted by atomic mass is 10.1. The van der Waals surface area contributed by atoms with Gasteiger partial charge in [-0.2, -0.15) is 0 Å². The monoisotopic (exact) mass is 327 g/mol. The first-order chi connectivity index (χ1) is 10.8. The molecule has 22 heavy (non-hydrogen) atoms. The molecule has 1 aromatic rings. The Morgan fingerprint density at radius 2 is 1.91 bits per heavy atom. The summed E-state index contributed by atoms with van der Waals surface area (Å²) in [4.78, 5) is 4.46. The summed E-state index contributed by atoms with van der Waals surface area (Å²) in [5, 5.41) is 7.29. The van der Waals surface area contributed by atoms with Crippen LogP contribution in [0.15, 0.2) is 29.3 Å². The number of nitrogens with one attached hydrogen (secondary N) is 2. The third-order valence-electron chi connectivity index (χ3n) is 2.90. The SMILES string of the molecule is CCNC(=NCCOCCOC)NCCc1ccc(Cl)cc1. The number of methoxy groups -OCH3 is 1. The summed E-state index contributed by atoms with van der Waals surface area (Å²) < 4.78 is 10.3. The van der Waals surface area contributed by atoms with Crippen LogP contribution >= 0.6 is 11.6 Å². The number of hydrogen-bond acceptors (Lipinski definition) is 3. The molecule has 0 saturated carbocycles. The van der Waals surface area contributed by atoms with Crippen molar-refractivity contribution in [2.24, 2.45) is 4.99 Å². The van der Waals surface area contributed by atoms with Crippen LogP contribution in [0.1, 0.15) is 12.5 Å². The Kier molecular flexibility index (Phi) is 10.5. The molecule has 1 aromatic carbocycles. The largest absolute Gasteiger partial charge is 0.382 e. The summed E-state index contributed by atoms with van der Waals surface area (Å²) in [6, 6.07) is 7.90. The summed E-state index contributed by atoms with van der Waals surface area (Å²) in [7, 11) is 1.66. The zero-order valence-corrected chi connectivity index (χ0v) is 14.2. The molecule has 0 atom stereocenters. The van der Waals surface area contributed by atoms with Crippen LogP contribution in [0.4, 0.5) is 0 Å². The molecule has 2 N–H and O–H groups in total. The van der Waals surface area contributed by atoms with E-state index in [2.05, 4.69) is 15.6 Å². The van der Waals surface area contributed by atoms with Gasteiger partial charge < -0.3 is 20.1 Å². The Labute approximate surface area is 138 Å². The lowest BCUT2D eigenvalue weighted by Gasteiger charge is -2.11. The predicted molar refractivity (Wildman–Crippen MR) is 91.8 cm³/mol. The van der Waals surface area contributed by atoms with E-state index in [9.17, 15) is 0 Å². The van der Waals surface area contributed by atoms with Crippen LogP contribution in [-0.4, -0.2) is 52.5 Å². The van der Waals surface area contributed by atoms with E-state index in [1.165, 1.54) is 5.56 Å². The predicted octanol–water partition coefficient (Wildman–Crippen LogP) is 2.10. The molecule has 0 aliphatic heterocycles. The Hall–Kier alpha value is -1.30. The fourth-order valence-corrected chi connectivity index (χ4v) is 1.91. The number of rotatable bonds is 10. The van der Waals surface area contributed by atoms with E-state index in [1.54, 1.807) is 7.11 Å². The van der Waals surface area contributed by atoms with Crippen LogP contribution in [0.2, 0.25) is 5.02 Å². The summed E-state index contributed by atoms with van der Waals surface area (Å²) in [5.41, 5.74) is 1.25. The molecular weight excluding hydrogens is 302 g/mol. The quantitative estimate of drug-likeness (QED) is 0.392. The second kappa shape index (κ2) is 12.3. The van der Waals surface area contributed by atoms with Gasteiger partial charge in [-0.3, -0.25) is 4.99 Å². The highest BCUT2D eigenvalue weighted by Crippen LogP contribution is 2.09. The Bertz CT molecular complexity index is 424. The van der Waals surface area contributed by atoms with Gasteiger partial charge in [-0.25, -0.2) is 0 Å². The second-order valence-electron chi connectivity index (χ2n) is 4.67. The van der Waals surface area contributed by atoms with Crippen molar-refractivity contribution in [3.63, 3.8) is 0 Å². The Morgan fingerprint density at radius 1 is 1.14 bits per heavy atom. The van der Waals surface area contributed by atoms with Gasteiger partial charge in [0.15, 0.2) is 5.96 Å². The molecule has 0 saturated heterocycles. The van der Waals surface area contributed by atoms with Gasteiger partial charge in [0.2, 0.25) is 0 Å². The van der Waals surface area contributed by atoms with Crippen LogP contribution in [0.25, 0.3) is 0 Å². The van der Waals surface area contributed by atoms with Crippen LogP contribution in [-0.2, 0) is 15.9 Å². The molecule has 0 heterocycles. The fraction of sp³-hybridized carbons (Fsp3) is 0.562. The first-order valence-corrected chi connectivity index (χ1v) is 7.97. The number of guanidine groups is 1. The standard InChI is InChI=1S/C16H26ClN3O2/c1-3-18-16(20-10-11-22-13-12-21-2)19-9-8-14-4-6-15(17)7-5-14/h4-7H,3,8-13H2,1-2H3,(H2,18,19,20). The highest BCUT2D eigenvalue weighted by Gasteiger charge is 1.98. The maximum atomic E-state index is 5.88. The van der Waals surface area contributed by atoms with E-state index in [4.69, 9.17) is 21.1 Å².